The molecule has 2 aromatic heterocycles. The maximum absolute atomic E-state index is 8.52. The van der Waals surface area contributed by atoms with E-state index < -0.39 is 41.6 Å². The van der Waals surface area contributed by atoms with E-state index in [1.807, 2.05) is 24.3 Å². The third kappa shape index (κ3) is 739. The molecule has 0 atom stereocenters. The van der Waals surface area contributed by atoms with Crippen LogP contribution in [0, 0.1) is 0 Å². The van der Waals surface area contributed by atoms with Crippen LogP contribution in [-0.2, 0) is 191 Å². The molecule has 0 aliphatic rings. The van der Waals surface area contributed by atoms with Gasteiger partial charge in [0.15, 0.2) is 0 Å². The molecule has 2 rings (SSSR count). The van der Waals surface area contributed by atoms with E-state index in [9.17, 15) is 0 Å². The first-order valence-corrected chi connectivity index (χ1v) is 12.2. The van der Waals surface area contributed by atoms with Crippen LogP contribution in [0.2, 0.25) is 0 Å². The number of hydrogen-bond acceptors (Lipinski definition) is 18. The van der Waals surface area contributed by atoms with Crippen molar-refractivity contribution in [1.82, 2.24) is 0 Å². The molecular weight excluding hydrogens is 1060 g/mol. The molecule has 0 bridgehead atoms. The van der Waals surface area contributed by atoms with Crippen molar-refractivity contribution in [3.8, 4) is 0 Å². The van der Waals surface area contributed by atoms with Crippen molar-refractivity contribution in [2.45, 2.75) is 0 Å². The Balaban J connectivity index is -0.00000000705. The summed E-state index contributed by atoms with van der Waals surface area (Å²) in [5, 5.41) is 0. The van der Waals surface area contributed by atoms with Gasteiger partial charge in [-0.05, 0) is 12.1 Å². The van der Waals surface area contributed by atoms with Gasteiger partial charge in [0.25, 0.3) is 11.6 Å². The zero-order valence-electron chi connectivity index (χ0n) is 28.3. The van der Waals surface area contributed by atoms with Crippen LogP contribution in [-0.4, -0.2) is 81.0 Å². The van der Waals surface area contributed by atoms with Crippen LogP contribution in [0.15, 0.2) is 48.8 Å². The van der Waals surface area contributed by atoms with Gasteiger partial charge < -0.3 is 146 Å². The molecule has 0 amide bonds. The monoisotopic (exact) mass is 1130 g/mol. The van der Waals surface area contributed by atoms with E-state index in [1.165, 1.54) is 0 Å². The van der Waals surface area contributed by atoms with Crippen LogP contribution >= 0.6 is 0 Å². The first kappa shape index (κ1) is 204. The topological polar surface area (TPSA) is 1060 Å². The summed E-state index contributed by atoms with van der Waals surface area (Å²) in [4.78, 5) is 5.62. The Morgan fingerprint density at radius 1 is 0.333 bits per heavy atom. The molecule has 57 heavy (non-hydrogen) atoms. The molecule has 40 nitrogen and oxygen atoms in total. The summed E-state index contributed by atoms with van der Waals surface area (Å²) in [6.07, 6.45) is 3.57. The van der Waals surface area contributed by atoms with Gasteiger partial charge in [0.05, 0.1) is 12.4 Å². The average Bonchev–Trinajstić information content (AvgIpc) is 2.50. The average molecular weight is 1130 g/mol. The smallest absolute Gasteiger partial charge is 0.759 e. The molecule has 0 unspecified atom stereocenters. The number of pyridine rings is 2. The Labute approximate surface area is 352 Å². The van der Waals surface area contributed by atoms with Gasteiger partial charge in [-0.25, -0.2) is 9.97 Å². The minimum Gasteiger partial charge on any atom is -0.759 e. The predicted molar refractivity (Wildman–Crippen MR) is 192 cm³/mol. The van der Waals surface area contributed by atoms with Crippen LogP contribution in [0.5, 0.6) is 0 Å². The minimum atomic E-state index is -5.17. The zero-order valence-corrected chi connectivity index (χ0v) is 34.7. The second kappa shape index (κ2) is 105. The fraction of sp³-hybridized carbons (Fsp3) is 0. The maximum Gasteiger partial charge on any atom is 2.00 e. The van der Waals surface area contributed by atoms with Crippen LogP contribution in [0.4, 0.5) is 11.6 Å². The molecule has 0 spiro atoms. The molecule has 47 heteroatoms. The van der Waals surface area contributed by atoms with E-state index in [0.717, 1.165) is 0 Å². The number of anilines is 2. The zero-order chi connectivity index (χ0) is 28.2. The number of hydrogen-bond donors (Lipinski definition) is 2. The molecule has 0 aliphatic heterocycles. The van der Waals surface area contributed by atoms with Crippen molar-refractivity contribution >= 4 is 53.2 Å². The summed E-state index contributed by atoms with van der Waals surface area (Å²) in [7, 11) is -20.7. The summed E-state index contributed by atoms with van der Waals surface area (Å²) in [5.74, 6) is 1.39. The summed E-state index contributed by atoms with van der Waals surface area (Å²) in [6, 6.07) is 11.1. The van der Waals surface area contributed by atoms with Crippen LogP contribution < -0.4 is 21.4 Å². The Hall–Kier alpha value is -1.90. The number of aromatic amines is 2. The summed E-state index contributed by atoms with van der Waals surface area (Å²) >= 11 is 0. The van der Waals surface area contributed by atoms with E-state index in [2.05, 4.69) is 9.97 Å². The van der Waals surface area contributed by atoms with Crippen molar-refractivity contribution in [1.29, 1.82) is 0 Å². The Morgan fingerprint density at radius 3 is 0.474 bits per heavy atom. The van der Waals surface area contributed by atoms with Crippen molar-refractivity contribution in [2.75, 3.05) is 11.5 Å². The van der Waals surface area contributed by atoms with E-state index in [4.69, 9.17) is 81.6 Å². The SMILES string of the molecule is Nc1cccc[nH+]1.Nc1cccc[nH+]1.O.O.O=S(=O)([O-])[O-].O=S(=O)([O-])[O-].O=S(=O)([O-])[O-].O=S(=O)([O-])[O-].[Co+2].[Co+2].[Co+2].[OH3+].[OH3+].[OH3+].[OH3+].[OH3+].[OH3+].[OH3+].[OH3+].[OH3+].[OH3+].[OH3+].[OH3+].[OH3+].[OH3+].[OH3+].[OH3+].[OH3+].[OH3+]. The Bertz CT molecular complexity index is 1030. The number of aromatic nitrogens is 2. The van der Waals surface area contributed by atoms with E-state index >= 15 is 0 Å². The molecule has 2 aromatic rings. The largest absolute Gasteiger partial charge is 2.00 e. The van der Waals surface area contributed by atoms with Crippen LogP contribution in [0.25, 0.3) is 0 Å². The Morgan fingerprint density at radius 2 is 0.439 bits per heavy atom. The van der Waals surface area contributed by atoms with Crippen molar-refractivity contribution in [2.24, 2.45) is 0 Å². The molecule has 381 valence electrons. The van der Waals surface area contributed by atoms with Gasteiger partial charge in [-0.3, -0.25) is 45.1 Å². The van der Waals surface area contributed by atoms with Crippen molar-refractivity contribution in [3.05, 3.63) is 48.8 Å². The molecule has 0 fully saturated rings. The van der Waals surface area contributed by atoms with Gasteiger partial charge >= 0.3 is 50.3 Å². The van der Waals surface area contributed by atoms with Crippen LogP contribution in [0.3, 0.4) is 0 Å². The van der Waals surface area contributed by atoms with Gasteiger partial charge in [-0.1, -0.05) is 12.1 Å². The Kier molecular flexibility index (Phi) is 377. The number of nitrogens with one attached hydrogen (secondary N) is 2. The summed E-state index contributed by atoms with van der Waals surface area (Å²) in [5.41, 5.74) is 10.6. The molecule has 64 N–H and O–H groups in total. The predicted octanol–water partition coefficient (Wildman–Crippen LogP) is -23.4. The fourth-order valence-corrected chi connectivity index (χ4v) is 0.814. The normalized spacial score (nSPS) is 6.18. The number of rotatable bonds is 0. The van der Waals surface area contributed by atoms with Gasteiger partial charge in [0.2, 0.25) is 0 Å². The molecule has 2 heterocycles. The van der Waals surface area contributed by atoms with E-state index in [0.29, 0.717) is 11.6 Å². The second-order valence-corrected chi connectivity index (χ2v) is 7.53. The third-order valence-electron chi connectivity index (χ3n) is 1.47. The second-order valence-electron chi connectivity index (χ2n) is 4.27. The van der Waals surface area contributed by atoms with E-state index in [-0.39, 0.29) is 160 Å². The van der Waals surface area contributed by atoms with E-state index in [1.54, 1.807) is 24.5 Å². The molecule has 3 radical (unpaired) electrons. The van der Waals surface area contributed by atoms with Gasteiger partial charge in [0.1, 0.15) is 0 Å². The van der Waals surface area contributed by atoms with Crippen LogP contribution in [0.1, 0.15) is 0 Å². The maximum atomic E-state index is 8.52. The standard InChI is InChI=1S/2C5H6N2.3Co.4H2O4S.20H2O/c2*6-5-3-1-2-4-7-5;;;;4*1-5(2,3)4;;;;;;;;;;;;;;;;;;;;/h2*1-4H,(H2,6,7);;;;4*(H2,1,2,3,4);20*1H2/q;;3*+2;;;;;;;;;;;;;;;;;;;;;;;;/p+12. The number of H-pyrrole nitrogens is 2. The van der Waals surface area contributed by atoms with Gasteiger partial charge in [-0.2, -0.15) is 0 Å². The molecule has 0 aromatic carbocycles. The van der Waals surface area contributed by atoms with Gasteiger partial charge in [0, 0.05) is 53.7 Å². The summed E-state index contributed by atoms with van der Waals surface area (Å²) in [6.45, 7) is 0. The van der Waals surface area contributed by atoms with Gasteiger partial charge in [-0.15, -0.1) is 0 Å². The number of nitrogens with two attached hydrogens (primary N) is 2. The fourth-order valence-electron chi connectivity index (χ4n) is 0.814. The molecule has 0 saturated carbocycles. The summed E-state index contributed by atoms with van der Waals surface area (Å²) < 4.78 is 136. The first-order valence-electron chi connectivity index (χ1n) is 6.90. The number of nitrogen functional groups attached to an aromatic ring is 2. The minimum absolute atomic E-state index is 0. The molecule has 0 aliphatic carbocycles. The van der Waals surface area contributed by atoms with Crippen molar-refractivity contribution in [3.63, 3.8) is 0 Å². The third-order valence-corrected chi connectivity index (χ3v) is 1.47. The van der Waals surface area contributed by atoms with Crippen molar-refractivity contribution < 1.29 is 240 Å². The molecular formula is C10H72Co3N4O36S4+18. The first-order chi connectivity index (χ1) is 14.8. The quantitative estimate of drug-likeness (QED) is 0.140. The molecule has 0 saturated heterocycles.